The molecule has 0 bridgehead atoms. The van der Waals surface area contributed by atoms with Crippen LogP contribution in [0.1, 0.15) is 31.7 Å². The maximum absolute atomic E-state index is 4.61. The van der Waals surface area contributed by atoms with Gasteiger partial charge in [0.15, 0.2) is 5.96 Å². The van der Waals surface area contributed by atoms with Crippen LogP contribution in [0.25, 0.3) is 0 Å². The Hall–Kier alpha value is -1.16. The number of rotatable bonds is 8. The van der Waals surface area contributed by atoms with Gasteiger partial charge < -0.3 is 10.6 Å². The van der Waals surface area contributed by atoms with Gasteiger partial charge >= 0.3 is 0 Å². The molecule has 1 heterocycles. The highest BCUT2D eigenvalue weighted by atomic mass is 127. The summed E-state index contributed by atoms with van der Waals surface area (Å²) in [6.07, 6.45) is 3.71. The van der Waals surface area contributed by atoms with Gasteiger partial charge in [-0.2, -0.15) is 5.10 Å². The van der Waals surface area contributed by atoms with Crippen LogP contribution in [0.15, 0.2) is 40.1 Å². The van der Waals surface area contributed by atoms with Crippen LogP contribution in [0.2, 0.25) is 0 Å². The van der Waals surface area contributed by atoms with Gasteiger partial charge in [-0.3, -0.25) is 4.68 Å². The summed E-state index contributed by atoms with van der Waals surface area (Å²) in [6.45, 7) is 6.52. The van der Waals surface area contributed by atoms with Crippen LogP contribution in [0.4, 0.5) is 0 Å². The molecular weight excluding hydrogens is 507 g/mol. The summed E-state index contributed by atoms with van der Waals surface area (Å²) in [5, 5.41) is 10.8. The molecule has 1 atom stereocenters. The summed E-state index contributed by atoms with van der Waals surface area (Å²) in [5.74, 6) is 2.21. The summed E-state index contributed by atoms with van der Waals surface area (Å²) in [6, 6.07) is 8.52. The number of benzene rings is 1. The van der Waals surface area contributed by atoms with Crippen molar-refractivity contribution in [2.24, 2.45) is 18.0 Å². The van der Waals surface area contributed by atoms with Gasteiger partial charge in [0.2, 0.25) is 0 Å². The Morgan fingerprint density at radius 1 is 1.31 bits per heavy atom. The van der Waals surface area contributed by atoms with Gasteiger partial charge in [0.05, 0.1) is 0 Å². The quantitative estimate of drug-likeness (QED) is 0.309. The van der Waals surface area contributed by atoms with Crippen LogP contribution in [0.3, 0.4) is 0 Å². The van der Waals surface area contributed by atoms with E-state index in [1.54, 1.807) is 11.0 Å². The lowest BCUT2D eigenvalue weighted by atomic mass is 9.97. The zero-order valence-corrected chi connectivity index (χ0v) is 19.5. The Kier molecular flexibility index (Phi) is 10.8. The standard InChI is InChI=1S/C18H27BrN6.HI/c1-4-14(9-15-7-6-8-16(19)10-15)11-21-18(20-5-2)22-12-17-23-13-24-25(17)3;/h6-8,10,13-14H,4-5,9,11-12H2,1-3H3,(H2,20,21,22);1H. The van der Waals surface area contributed by atoms with Crippen molar-refractivity contribution in [3.05, 3.63) is 46.5 Å². The Bertz CT molecular complexity index is 688. The second-order valence-electron chi connectivity index (χ2n) is 5.98. The number of aryl methyl sites for hydroxylation is 1. The van der Waals surface area contributed by atoms with E-state index in [0.717, 1.165) is 42.2 Å². The van der Waals surface area contributed by atoms with Crippen LogP contribution in [-0.4, -0.2) is 33.8 Å². The second-order valence-corrected chi connectivity index (χ2v) is 6.90. The van der Waals surface area contributed by atoms with Crippen LogP contribution in [0, 0.1) is 5.92 Å². The Morgan fingerprint density at radius 3 is 2.73 bits per heavy atom. The molecule has 0 saturated carbocycles. The topological polar surface area (TPSA) is 67.1 Å². The predicted octanol–water partition coefficient (Wildman–Crippen LogP) is 3.52. The fourth-order valence-electron chi connectivity index (χ4n) is 2.55. The zero-order valence-electron chi connectivity index (χ0n) is 15.6. The molecule has 0 saturated heterocycles. The Balaban J connectivity index is 0.00000338. The number of halogens is 2. The van der Waals surface area contributed by atoms with E-state index in [1.807, 2.05) is 7.05 Å². The lowest BCUT2D eigenvalue weighted by Gasteiger charge is -2.18. The van der Waals surface area contributed by atoms with Crippen molar-refractivity contribution in [1.82, 2.24) is 25.4 Å². The molecule has 144 valence electrons. The summed E-state index contributed by atoms with van der Waals surface area (Å²) in [4.78, 5) is 8.82. The van der Waals surface area contributed by atoms with Crippen molar-refractivity contribution in [2.45, 2.75) is 33.2 Å². The van der Waals surface area contributed by atoms with E-state index in [0.29, 0.717) is 12.5 Å². The predicted molar refractivity (Wildman–Crippen MR) is 121 cm³/mol. The molecule has 2 N–H and O–H groups in total. The van der Waals surface area contributed by atoms with E-state index in [9.17, 15) is 0 Å². The molecule has 1 aromatic carbocycles. The maximum Gasteiger partial charge on any atom is 0.191 e. The first-order valence-electron chi connectivity index (χ1n) is 8.71. The van der Waals surface area contributed by atoms with Crippen LogP contribution in [-0.2, 0) is 20.0 Å². The SMILES string of the molecule is CCNC(=NCc1ncnn1C)NCC(CC)Cc1cccc(Br)c1.I. The smallest absolute Gasteiger partial charge is 0.191 e. The summed E-state index contributed by atoms with van der Waals surface area (Å²) in [5.41, 5.74) is 1.35. The second kappa shape index (κ2) is 12.3. The number of guanidine groups is 1. The molecule has 0 aliphatic carbocycles. The first kappa shape index (κ1) is 22.9. The third-order valence-electron chi connectivity index (χ3n) is 4.08. The molecule has 6 nitrogen and oxygen atoms in total. The van der Waals surface area contributed by atoms with Crippen molar-refractivity contribution in [3.63, 3.8) is 0 Å². The van der Waals surface area contributed by atoms with Crippen molar-refractivity contribution >= 4 is 45.9 Å². The molecule has 0 radical (unpaired) electrons. The number of nitrogens with zero attached hydrogens (tertiary/aromatic N) is 4. The van der Waals surface area contributed by atoms with E-state index < -0.39 is 0 Å². The minimum Gasteiger partial charge on any atom is -0.357 e. The monoisotopic (exact) mass is 534 g/mol. The minimum atomic E-state index is 0. The molecule has 2 aromatic rings. The van der Waals surface area contributed by atoms with E-state index in [1.165, 1.54) is 5.56 Å². The third kappa shape index (κ3) is 7.61. The van der Waals surface area contributed by atoms with Crippen molar-refractivity contribution in [1.29, 1.82) is 0 Å². The highest BCUT2D eigenvalue weighted by molar-refractivity contribution is 14.0. The minimum absolute atomic E-state index is 0. The summed E-state index contributed by atoms with van der Waals surface area (Å²) >= 11 is 3.54. The fraction of sp³-hybridized carbons (Fsp3) is 0.500. The third-order valence-corrected chi connectivity index (χ3v) is 4.57. The molecule has 1 unspecified atom stereocenters. The van der Waals surface area contributed by atoms with Crippen LogP contribution >= 0.6 is 39.9 Å². The van der Waals surface area contributed by atoms with Gasteiger partial charge in [-0.25, -0.2) is 9.98 Å². The first-order chi connectivity index (χ1) is 12.1. The fourth-order valence-corrected chi connectivity index (χ4v) is 3.00. The van der Waals surface area contributed by atoms with Crippen molar-refractivity contribution in [3.8, 4) is 0 Å². The van der Waals surface area contributed by atoms with E-state index in [4.69, 9.17) is 0 Å². The lowest BCUT2D eigenvalue weighted by Crippen LogP contribution is -2.40. The number of aromatic nitrogens is 3. The Morgan fingerprint density at radius 2 is 2.12 bits per heavy atom. The number of aliphatic imine (C=N–C) groups is 1. The molecule has 0 amide bonds. The number of hydrogen-bond donors (Lipinski definition) is 2. The van der Waals surface area contributed by atoms with Crippen LogP contribution in [0.5, 0.6) is 0 Å². The number of hydrogen-bond acceptors (Lipinski definition) is 3. The zero-order chi connectivity index (χ0) is 18.1. The van der Waals surface area contributed by atoms with Gasteiger partial charge in [0.25, 0.3) is 0 Å². The van der Waals surface area contributed by atoms with Crippen molar-refractivity contribution < 1.29 is 0 Å². The summed E-state index contributed by atoms with van der Waals surface area (Å²) in [7, 11) is 1.88. The highest BCUT2D eigenvalue weighted by Gasteiger charge is 2.09. The number of nitrogens with one attached hydrogen (secondary N) is 2. The normalized spacial score (nSPS) is 12.4. The molecule has 2 rings (SSSR count). The van der Waals surface area contributed by atoms with Crippen LogP contribution < -0.4 is 10.6 Å². The molecule has 1 aromatic heterocycles. The molecule has 0 fully saturated rings. The first-order valence-corrected chi connectivity index (χ1v) is 9.51. The maximum atomic E-state index is 4.61. The van der Waals surface area contributed by atoms with Gasteiger partial charge in [-0.05, 0) is 37.0 Å². The Labute approximate surface area is 181 Å². The molecule has 0 aliphatic heterocycles. The highest BCUT2D eigenvalue weighted by Crippen LogP contribution is 2.16. The average molecular weight is 535 g/mol. The van der Waals surface area contributed by atoms with E-state index >= 15 is 0 Å². The largest absolute Gasteiger partial charge is 0.357 e. The average Bonchev–Trinajstić information content (AvgIpc) is 3.01. The molecule has 26 heavy (non-hydrogen) atoms. The van der Waals surface area contributed by atoms with Gasteiger partial charge in [-0.1, -0.05) is 41.4 Å². The summed E-state index contributed by atoms with van der Waals surface area (Å²) < 4.78 is 2.88. The van der Waals surface area contributed by atoms with Gasteiger partial charge in [-0.15, -0.1) is 24.0 Å². The van der Waals surface area contributed by atoms with E-state index in [-0.39, 0.29) is 24.0 Å². The van der Waals surface area contributed by atoms with Gasteiger partial charge in [0.1, 0.15) is 18.7 Å². The molecule has 0 spiro atoms. The molecular formula is C18H28BrIN6. The van der Waals surface area contributed by atoms with Gasteiger partial charge in [0, 0.05) is 24.6 Å². The molecule has 8 heteroatoms. The van der Waals surface area contributed by atoms with E-state index in [2.05, 4.69) is 79.8 Å². The van der Waals surface area contributed by atoms with Crippen molar-refractivity contribution in [2.75, 3.05) is 13.1 Å². The molecule has 0 aliphatic rings. The lowest BCUT2D eigenvalue weighted by molar-refractivity contribution is 0.493.